The number of fused-ring (bicyclic) bond motifs is 1. The lowest BCUT2D eigenvalue weighted by Gasteiger charge is -2.45. The van der Waals surface area contributed by atoms with Crippen molar-refractivity contribution >= 4 is 39.6 Å². The van der Waals surface area contributed by atoms with Gasteiger partial charge in [-0.1, -0.05) is 6.07 Å². The largest absolute Gasteiger partial charge is 0.477 e. The second-order valence-corrected chi connectivity index (χ2v) is 7.93. The number of carboxylic acids is 1. The van der Waals surface area contributed by atoms with Gasteiger partial charge in [0.2, 0.25) is 0 Å². The third kappa shape index (κ3) is 2.45. The van der Waals surface area contributed by atoms with Crippen LogP contribution in [0.15, 0.2) is 40.6 Å². The lowest BCUT2D eigenvalue weighted by molar-refractivity contribution is -0.141. The highest BCUT2D eigenvalue weighted by Gasteiger charge is 2.56. The Kier molecular flexibility index (Phi) is 3.77. The predicted molar refractivity (Wildman–Crippen MR) is 84.8 cm³/mol. The van der Waals surface area contributed by atoms with E-state index in [-0.39, 0.29) is 21.9 Å². The average molecular weight is 352 g/mol. The van der Waals surface area contributed by atoms with Gasteiger partial charge in [0.25, 0.3) is 5.91 Å². The van der Waals surface area contributed by atoms with E-state index in [4.69, 9.17) is 0 Å². The van der Waals surface area contributed by atoms with E-state index >= 15 is 0 Å². The summed E-state index contributed by atoms with van der Waals surface area (Å²) < 4.78 is 24.9. The van der Waals surface area contributed by atoms with Gasteiger partial charge < -0.3 is 5.11 Å². The van der Waals surface area contributed by atoms with Crippen LogP contribution >= 0.6 is 11.8 Å². The van der Waals surface area contributed by atoms with Gasteiger partial charge in [0.05, 0.1) is 17.0 Å². The molecular formula is C14H12N2O5S2. The van der Waals surface area contributed by atoms with E-state index in [9.17, 15) is 23.1 Å². The molecule has 0 aliphatic carbocycles. The Hall–Kier alpha value is -2.13. The van der Waals surface area contributed by atoms with Crippen LogP contribution in [0, 0.1) is 0 Å². The number of aliphatic carboxylic acids is 1. The number of nitrogens with zero attached hydrogens (tertiary/aromatic N) is 2. The number of carboxylic acid groups (broad SMARTS) is 1. The summed E-state index contributed by atoms with van der Waals surface area (Å²) in [7, 11) is -3.69. The summed E-state index contributed by atoms with van der Waals surface area (Å²) in [5.41, 5.74) is 0.241. The van der Waals surface area contributed by atoms with Crippen LogP contribution in [0.1, 0.15) is 5.69 Å². The lowest BCUT2D eigenvalue weighted by atomic mass is 10.0. The molecule has 1 N–H and O–H groups in total. The van der Waals surface area contributed by atoms with E-state index in [0.29, 0.717) is 5.69 Å². The van der Waals surface area contributed by atoms with Crippen molar-refractivity contribution in [3.63, 3.8) is 0 Å². The number of hydrogen-bond acceptors (Lipinski definition) is 6. The lowest BCUT2D eigenvalue weighted by Crippen LogP contribution is -2.62. The highest BCUT2D eigenvalue weighted by atomic mass is 32.2. The van der Waals surface area contributed by atoms with Gasteiger partial charge in [0, 0.05) is 11.1 Å². The fourth-order valence-electron chi connectivity index (χ4n) is 2.59. The topological polar surface area (TPSA) is 105 Å². The third-order valence-corrected chi connectivity index (χ3v) is 6.43. The smallest absolute Gasteiger partial charge is 0.353 e. The van der Waals surface area contributed by atoms with Crippen LogP contribution in [0.3, 0.4) is 0 Å². The number of pyridine rings is 1. The Labute approximate surface area is 136 Å². The van der Waals surface area contributed by atoms with E-state index in [1.807, 2.05) is 0 Å². The Bertz CT molecular complexity index is 858. The molecule has 2 aliphatic heterocycles. The van der Waals surface area contributed by atoms with Gasteiger partial charge in [0.15, 0.2) is 15.2 Å². The molecule has 7 nitrogen and oxygen atoms in total. The van der Waals surface area contributed by atoms with Crippen molar-refractivity contribution in [2.45, 2.75) is 5.37 Å². The maximum Gasteiger partial charge on any atom is 0.353 e. The molecule has 120 valence electrons. The molecule has 1 aromatic rings. The molecule has 9 heteroatoms. The van der Waals surface area contributed by atoms with Crippen LogP contribution in [0.5, 0.6) is 0 Å². The fraction of sp³-hybridized carbons (Fsp3) is 0.214. The van der Waals surface area contributed by atoms with Gasteiger partial charge in [-0.15, -0.1) is 11.8 Å². The zero-order chi connectivity index (χ0) is 16.8. The van der Waals surface area contributed by atoms with E-state index in [0.717, 1.165) is 16.7 Å². The van der Waals surface area contributed by atoms with Crippen LogP contribution in [-0.4, -0.2) is 52.7 Å². The minimum atomic E-state index is -3.69. The molecule has 23 heavy (non-hydrogen) atoms. The maximum absolute atomic E-state index is 12.4. The molecule has 0 saturated carbocycles. The zero-order valence-electron chi connectivity index (χ0n) is 12.0. The quantitative estimate of drug-likeness (QED) is 0.631. The van der Waals surface area contributed by atoms with Gasteiger partial charge in [-0.05, 0) is 24.5 Å². The summed E-state index contributed by atoms with van der Waals surface area (Å²) >= 11 is 1.03. The molecule has 1 amide bonds. The van der Waals surface area contributed by atoms with E-state index in [2.05, 4.69) is 4.98 Å². The van der Waals surface area contributed by atoms with Crippen LogP contribution in [0.25, 0.3) is 6.08 Å². The first-order valence-corrected chi connectivity index (χ1v) is 9.49. The van der Waals surface area contributed by atoms with Gasteiger partial charge in [-0.25, -0.2) is 13.2 Å². The first kappa shape index (κ1) is 15.8. The fourth-order valence-corrected chi connectivity index (χ4v) is 5.67. The molecule has 1 atom stereocenters. The zero-order valence-corrected chi connectivity index (χ0v) is 13.6. The van der Waals surface area contributed by atoms with Crippen LogP contribution in [0.4, 0.5) is 0 Å². The van der Waals surface area contributed by atoms with Gasteiger partial charge in [0.1, 0.15) is 5.70 Å². The molecule has 0 unspecified atom stereocenters. The molecule has 1 fully saturated rings. The summed E-state index contributed by atoms with van der Waals surface area (Å²) in [4.78, 5) is 28.8. The number of carbonyl (C=O) groups is 2. The second-order valence-electron chi connectivity index (χ2n) is 4.97. The molecule has 0 bridgehead atoms. The Morgan fingerprint density at radius 2 is 2.22 bits per heavy atom. The third-order valence-electron chi connectivity index (χ3n) is 3.58. The van der Waals surface area contributed by atoms with Crippen LogP contribution < -0.4 is 0 Å². The minimum absolute atomic E-state index is 0.0441. The maximum atomic E-state index is 12.4. The highest BCUT2D eigenvalue weighted by molar-refractivity contribution is 8.04. The SMILES string of the molecule is CSC1=C(C(=O)O)N2C(=O)/C(=C/c3ccccn3)[C@H]2S(=O)(=O)C1. The van der Waals surface area contributed by atoms with Crippen molar-refractivity contribution in [1.29, 1.82) is 0 Å². The van der Waals surface area contributed by atoms with Crippen molar-refractivity contribution < 1.29 is 23.1 Å². The minimum Gasteiger partial charge on any atom is -0.477 e. The summed E-state index contributed by atoms with van der Waals surface area (Å²) in [5, 5.41) is 8.08. The molecule has 0 radical (unpaired) electrons. The molecule has 3 rings (SSSR count). The summed E-state index contributed by atoms with van der Waals surface area (Å²) in [6.45, 7) is 0. The molecule has 0 aromatic carbocycles. The Balaban J connectivity index is 2.10. The van der Waals surface area contributed by atoms with Gasteiger partial charge >= 0.3 is 5.97 Å². The van der Waals surface area contributed by atoms with Crippen LogP contribution in [0.2, 0.25) is 0 Å². The number of thioether (sulfide) groups is 1. The van der Waals surface area contributed by atoms with Crippen molar-refractivity contribution in [3.05, 3.63) is 46.3 Å². The summed E-state index contributed by atoms with van der Waals surface area (Å²) in [6, 6.07) is 5.05. The monoisotopic (exact) mass is 352 g/mol. The summed E-state index contributed by atoms with van der Waals surface area (Å²) in [6.07, 6.45) is 4.50. The van der Waals surface area contributed by atoms with Crippen LogP contribution in [-0.2, 0) is 19.4 Å². The predicted octanol–water partition coefficient (Wildman–Crippen LogP) is 0.721. The molecular weight excluding hydrogens is 340 g/mol. The molecule has 3 heterocycles. The second kappa shape index (κ2) is 5.50. The number of carbonyl (C=O) groups excluding carboxylic acids is 1. The van der Waals surface area contributed by atoms with Crippen molar-refractivity contribution in [1.82, 2.24) is 9.88 Å². The van der Waals surface area contributed by atoms with E-state index < -0.39 is 27.1 Å². The number of sulfone groups is 1. The Morgan fingerprint density at radius 3 is 2.78 bits per heavy atom. The number of amides is 1. The molecule has 1 saturated heterocycles. The number of rotatable bonds is 3. The van der Waals surface area contributed by atoms with Gasteiger partial charge in [-0.2, -0.15) is 0 Å². The van der Waals surface area contributed by atoms with Crippen molar-refractivity contribution in [2.24, 2.45) is 0 Å². The Morgan fingerprint density at radius 1 is 1.48 bits per heavy atom. The average Bonchev–Trinajstić information content (AvgIpc) is 2.51. The van der Waals surface area contributed by atoms with Gasteiger partial charge in [-0.3, -0.25) is 14.7 Å². The van der Waals surface area contributed by atoms with E-state index in [1.54, 1.807) is 24.5 Å². The first-order chi connectivity index (χ1) is 10.9. The number of aromatic nitrogens is 1. The normalized spacial score (nSPS) is 24.4. The molecule has 1 aromatic heterocycles. The summed E-state index contributed by atoms with van der Waals surface area (Å²) in [5.74, 6) is -2.31. The first-order valence-electron chi connectivity index (χ1n) is 6.55. The standard InChI is InChI=1S/C14H12N2O5S2/c1-22-10-7-23(20,21)13-9(6-8-4-2-3-5-15-8)12(17)16(13)11(10)14(18)19/h2-6,13H,7H2,1H3,(H,18,19)/b9-6-/t13-/m1/s1. The number of β-lactam (4-membered cyclic amide) rings is 1. The van der Waals surface area contributed by atoms with E-state index in [1.165, 1.54) is 12.3 Å². The number of hydrogen-bond donors (Lipinski definition) is 1. The van der Waals surface area contributed by atoms with Crippen molar-refractivity contribution in [3.8, 4) is 0 Å². The molecule has 0 spiro atoms. The van der Waals surface area contributed by atoms with Crippen molar-refractivity contribution in [2.75, 3.05) is 12.0 Å². The molecule has 2 aliphatic rings. The highest BCUT2D eigenvalue weighted by Crippen LogP contribution is 2.42.